The lowest BCUT2D eigenvalue weighted by molar-refractivity contribution is 0.0602. The summed E-state index contributed by atoms with van der Waals surface area (Å²) in [5.74, 6) is -1.08. The molecule has 0 radical (unpaired) electrons. The number of benzene rings is 2. The summed E-state index contributed by atoms with van der Waals surface area (Å²) in [7, 11) is 2.78. The lowest BCUT2D eigenvalue weighted by atomic mass is 10.1. The van der Waals surface area contributed by atoms with Crippen LogP contribution in [-0.4, -0.2) is 41.1 Å². The Morgan fingerprint density at radius 3 is 2.50 bits per heavy atom. The van der Waals surface area contributed by atoms with Gasteiger partial charge in [-0.3, -0.25) is 4.79 Å². The number of halogens is 1. The quantitative estimate of drug-likeness (QED) is 0.639. The van der Waals surface area contributed by atoms with E-state index in [1.807, 2.05) is 0 Å². The lowest BCUT2D eigenvalue weighted by Crippen LogP contribution is -2.18. The third-order valence-electron chi connectivity index (χ3n) is 3.91. The summed E-state index contributed by atoms with van der Waals surface area (Å²) in [5.41, 5.74) is 1.76. The van der Waals surface area contributed by atoms with Crippen LogP contribution in [0.25, 0.3) is 5.69 Å². The van der Waals surface area contributed by atoms with Crippen molar-refractivity contribution in [2.75, 3.05) is 19.5 Å². The number of aromatic nitrogens is 3. The average Bonchev–Trinajstić information content (AvgIpc) is 3.12. The number of ether oxygens (including phenoxy) is 2. The molecule has 0 aliphatic carbocycles. The summed E-state index contributed by atoms with van der Waals surface area (Å²) < 4.78 is 11.5. The van der Waals surface area contributed by atoms with Crippen LogP contribution >= 0.6 is 11.6 Å². The number of carbonyl (C=O) groups excluding carboxylic acids is 2. The van der Waals surface area contributed by atoms with Gasteiger partial charge in [-0.15, -0.1) is 5.10 Å². The molecule has 144 valence electrons. The molecule has 1 heterocycles. The number of nitrogens with zero attached hydrogens (tertiary/aromatic N) is 3. The molecule has 2 aromatic carbocycles. The third kappa shape index (κ3) is 4.03. The van der Waals surface area contributed by atoms with Gasteiger partial charge in [0.2, 0.25) is 0 Å². The maximum absolute atomic E-state index is 12.8. The molecule has 0 spiro atoms. The fraction of sp³-hybridized carbons (Fsp3) is 0.158. The van der Waals surface area contributed by atoms with Crippen molar-refractivity contribution in [1.82, 2.24) is 15.0 Å². The normalized spacial score (nSPS) is 10.5. The van der Waals surface area contributed by atoms with Gasteiger partial charge < -0.3 is 14.8 Å². The molecule has 3 rings (SSSR count). The van der Waals surface area contributed by atoms with Crippen LogP contribution in [0.5, 0.6) is 0 Å². The van der Waals surface area contributed by atoms with E-state index in [0.29, 0.717) is 22.1 Å². The van der Waals surface area contributed by atoms with E-state index in [4.69, 9.17) is 21.1 Å². The minimum absolute atomic E-state index is 0.0801. The Kier molecular flexibility index (Phi) is 6.03. The van der Waals surface area contributed by atoms with Crippen molar-refractivity contribution in [2.45, 2.75) is 6.61 Å². The minimum atomic E-state index is -0.558. The average molecular weight is 401 g/mol. The van der Waals surface area contributed by atoms with Gasteiger partial charge in [0.25, 0.3) is 5.91 Å². The molecule has 0 bridgehead atoms. The first-order chi connectivity index (χ1) is 13.5. The molecular formula is C19H17ClN4O4. The van der Waals surface area contributed by atoms with Gasteiger partial charge in [-0.1, -0.05) is 28.9 Å². The van der Waals surface area contributed by atoms with Gasteiger partial charge in [0.1, 0.15) is 5.69 Å². The monoisotopic (exact) mass is 400 g/mol. The number of hydrogen-bond donors (Lipinski definition) is 1. The van der Waals surface area contributed by atoms with E-state index in [1.54, 1.807) is 48.5 Å². The molecule has 28 heavy (non-hydrogen) atoms. The van der Waals surface area contributed by atoms with Gasteiger partial charge in [0.05, 0.1) is 30.7 Å². The Balaban J connectivity index is 1.95. The largest absolute Gasteiger partial charge is 0.465 e. The fourth-order valence-electron chi connectivity index (χ4n) is 2.60. The molecule has 0 saturated heterocycles. The number of amides is 1. The number of hydrogen-bond acceptors (Lipinski definition) is 6. The van der Waals surface area contributed by atoms with Crippen LogP contribution in [0.2, 0.25) is 5.02 Å². The van der Waals surface area contributed by atoms with Crippen molar-refractivity contribution in [2.24, 2.45) is 0 Å². The molecule has 0 aliphatic rings. The molecule has 9 heteroatoms. The Bertz CT molecular complexity index is 1000. The highest BCUT2D eigenvalue weighted by Crippen LogP contribution is 2.20. The van der Waals surface area contributed by atoms with Gasteiger partial charge in [0, 0.05) is 12.1 Å². The fourth-order valence-corrected chi connectivity index (χ4v) is 2.72. The molecule has 8 nitrogen and oxygen atoms in total. The summed E-state index contributed by atoms with van der Waals surface area (Å²) in [4.78, 5) is 24.7. The summed E-state index contributed by atoms with van der Waals surface area (Å²) in [6.45, 7) is 0.108. The maximum atomic E-state index is 12.8. The molecule has 1 aromatic heterocycles. The number of rotatable bonds is 6. The van der Waals surface area contributed by atoms with Gasteiger partial charge >= 0.3 is 5.97 Å². The van der Waals surface area contributed by atoms with Crippen molar-refractivity contribution in [1.29, 1.82) is 0 Å². The van der Waals surface area contributed by atoms with Gasteiger partial charge in [-0.05, 0) is 36.4 Å². The lowest BCUT2D eigenvalue weighted by Gasteiger charge is -2.10. The second-order valence-electron chi connectivity index (χ2n) is 5.70. The van der Waals surface area contributed by atoms with Crippen LogP contribution in [0.3, 0.4) is 0 Å². The van der Waals surface area contributed by atoms with Gasteiger partial charge in [-0.25, -0.2) is 9.48 Å². The summed E-state index contributed by atoms with van der Waals surface area (Å²) >= 11 is 5.93. The highest BCUT2D eigenvalue weighted by molar-refractivity contribution is 6.30. The maximum Gasteiger partial charge on any atom is 0.339 e. The number of nitrogens with one attached hydrogen (secondary N) is 1. The summed E-state index contributed by atoms with van der Waals surface area (Å²) in [6.07, 6.45) is 0. The SMILES string of the molecule is COCc1c(C(=O)Nc2ccccc2C(=O)OC)nnn1-c1ccc(Cl)cc1. The standard InChI is InChI=1S/C19H17ClN4O4/c1-27-11-16-17(22-23-24(16)13-9-7-12(20)8-10-13)18(25)21-15-6-4-3-5-14(15)19(26)28-2/h3-10H,11H2,1-2H3,(H,21,25). The highest BCUT2D eigenvalue weighted by atomic mass is 35.5. The van der Waals surface area contributed by atoms with E-state index in [0.717, 1.165) is 0 Å². The number of anilines is 1. The zero-order valence-corrected chi connectivity index (χ0v) is 15.9. The molecule has 0 atom stereocenters. The van der Waals surface area contributed by atoms with Crippen LogP contribution in [-0.2, 0) is 16.1 Å². The Morgan fingerprint density at radius 1 is 1.11 bits per heavy atom. The van der Waals surface area contributed by atoms with E-state index in [-0.39, 0.29) is 17.9 Å². The summed E-state index contributed by atoms with van der Waals surface area (Å²) in [6, 6.07) is 13.5. The molecule has 0 saturated carbocycles. The molecular weight excluding hydrogens is 384 g/mol. The number of esters is 1. The molecule has 1 amide bonds. The number of methoxy groups -OCH3 is 2. The van der Waals surface area contributed by atoms with E-state index in [2.05, 4.69) is 15.6 Å². The van der Waals surface area contributed by atoms with Crippen molar-refractivity contribution in [3.05, 3.63) is 70.5 Å². The number of para-hydroxylation sites is 1. The van der Waals surface area contributed by atoms with E-state index < -0.39 is 11.9 Å². The van der Waals surface area contributed by atoms with E-state index in [1.165, 1.54) is 18.9 Å². The number of carbonyl (C=O) groups is 2. The first-order valence-corrected chi connectivity index (χ1v) is 8.61. The predicted octanol–water partition coefficient (Wildman–Crippen LogP) is 3.11. The molecule has 0 aliphatic heterocycles. The Hall–Kier alpha value is -3.23. The zero-order chi connectivity index (χ0) is 20.1. The second kappa shape index (κ2) is 8.64. The van der Waals surface area contributed by atoms with E-state index >= 15 is 0 Å². The molecule has 0 fully saturated rings. The van der Waals surface area contributed by atoms with Crippen LogP contribution in [0.1, 0.15) is 26.5 Å². The van der Waals surface area contributed by atoms with Crippen LogP contribution in [0.15, 0.2) is 48.5 Å². The van der Waals surface area contributed by atoms with E-state index in [9.17, 15) is 9.59 Å². The minimum Gasteiger partial charge on any atom is -0.465 e. The van der Waals surface area contributed by atoms with Crippen molar-refractivity contribution in [3.8, 4) is 5.69 Å². The molecule has 0 unspecified atom stereocenters. The summed E-state index contributed by atoms with van der Waals surface area (Å²) in [5, 5.41) is 11.3. The smallest absolute Gasteiger partial charge is 0.339 e. The van der Waals surface area contributed by atoms with Crippen molar-refractivity contribution < 1.29 is 19.1 Å². The van der Waals surface area contributed by atoms with Gasteiger partial charge in [-0.2, -0.15) is 0 Å². The van der Waals surface area contributed by atoms with Gasteiger partial charge in [0.15, 0.2) is 5.69 Å². The van der Waals surface area contributed by atoms with Crippen LogP contribution in [0.4, 0.5) is 5.69 Å². The topological polar surface area (TPSA) is 95.3 Å². The first-order valence-electron chi connectivity index (χ1n) is 8.23. The molecule has 3 aromatic rings. The first kappa shape index (κ1) is 19.5. The van der Waals surface area contributed by atoms with Crippen molar-refractivity contribution in [3.63, 3.8) is 0 Å². The zero-order valence-electron chi connectivity index (χ0n) is 15.2. The highest BCUT2D eigenvalue weighted by Gasteiger charge is 2.22. The van der Waals surface area contributed by atoms with Crippen molar-refractivity contribution >= 4 is 29.2 Å². The predicted molar refractivity (Wildman–Crippen MR) is 103 cm³/mol. The van der Waals surface area contributed by atoms with Crippen LogP contribution in [0, 0.1) is 0 Å². The van der Waals surface area contributed by atoms with Crippen LogP contribution < -0.4 is 5.32 Å². The Labute approximate surface area is 166 Å². The third-order valence-corrected chi connectivity index (χ3v) is 4.16. The Morgan fingerprint density at radius 2 is 1.82 bits per heavy atom. The molecule has 1 N–H and O–H groups in total. The second-order valence-corrected chi connectivity index (χ2v) is 6.13.